The van der Waals surface area contributed by atoms with E-state index in [-0.39, 0.29) is 29.5 Å². The van der Waals surface area contributed by atoms with Crippen molar-refractivity contribution in [1.29, 1.82) is 5.41 Å². The van der Waals surface area contributed by atoms with Crippen molar-refractivity contribution in [2.24, 2.45) is 0 Å². The van der Waals surface area contributed by atoms with E-state index in [0.29, 0.717) is 41.3 Å². The van der Waals surface area contributed by atoms with Crippen LogP contribution in [0.5, 0.6) is 11.5 Å². The Morgan fingerprint density at radius 2 is 1.77 bits per heavy atom. The Morgan fingerprint density at radius 3 is 2.37 bits per heavy atom. The lowest BCUT2D eigenvalue weighted by Gasteiger charge is -2.23. The Kier molecular flexibility index (Phi) is 7.48. The van der Waals surface area contributed by atoms with Crippen LogP contribution < -0.4 is 20.1 Å². The van der Waals surface area contributed by atoms with Gasteiger partial charge < -0.3 is 25.0 Å². The van der Waals surface area contributed by atoms with Gasteiger partial charge in [-0.3, -0.25) is 15.0 Å². The number of hydrogen-bond acceptors (Lipinski definition) is 6. The molecule has 0 saturated heterocycles. The number of rotatable bonds is 7. The molecule has 186 valence electrons. The molecule has 0 saturated carbocycles. The van der Waals surface area contributed by atoms with Crippen molar-refractivity contribution in [3.8, 4) is 11.5 Å². The SMILES string of the molecule is CCOc1cc2c(cc1C(=O)NC)C(=N)N(CC(=O)c1ccc(OC(=O)NC)c(C(C)(C)C)c1)C2. The van der Waals surface area contributed by atoms with Crippen LogP contribution in [0.3, 0.4) is 0 Å². The second kappa shape index (κ2) is 10.2. The zero-order chi connectivity index (χ0) is 25.9. The molecule has 3 N–H and O–H groups in total. The maximum absolute atomic E-state index is 13.2. The van der Waals surface area contributed by atoms with Crippen LogP contribution in [-0.2, 0) is 12.0 Å². The average Bonchev–Trinajstić information content (AvgIpc) is 3.11. The predicted octanol–water partition coefficient (Wildman–Crippen LogP) is 3.48. The Hall–Kier alpha value is -3.88. The number of nitrogens with one attached hydrogen (secondary N) is 3. The fourth-order valence-corrected chi connectivity index (χ4v) is 3.94. The molecule has 0 spiro atoms. The molecule has 2 aromatic rings. The number of ketones is 1. The van der Waals surface area contributed by atoms with Crippen molar-refractivity contribution >= 4 is 23.6 Å². The summed E-state index contributed by atoms with van der Waals surface area (Å²) in [6.07, 6.45) is -0.583. The summed E-state index contributed by atoms with van der Waals surface area (Å²) in [4.78, 5) is 38.9. The van der Waals surface area contributed by atoms with Crippen molar-refractivity contribution < 1.29 is 23.9 Å². The molecule has 0 atom stereocenters. The molecule has 2 aromatic carbocycles. The molecule has 0 aromatic heterocycles. The highest BCUT2D eigenvalue weighted by atomic mass is 16.6. The standard InChI is InChI=1S/C26H32N4O5/c1-7-34-22-11-16-13-30(23(27)17(16)12-18(22)24(32)28-5)14-20(31)15-8-9-21(35-25(33)29-6)19(10-15)26(2,3)4/h8-12,27H,7,13-14H2,1-6H3,(H,28,32)(H,29,33). The predicted molar refractivity (Wildman–Crippen MR) is 133 cm³/mol. The van der Waals surface area contributed by atoms with Gasteiger partial charge in [0.1, 0.15) is 17.3 Å². The molecule has 35 heavy (non-hydrogen) atoms. The van der Waals surface area contributed by atoms with Gasteiger partial charge in [0.2, 0.25) is 0 Å². The van der Waals surface area contributed by atoms with E-state index in [1.54, 1.807) is 42.3 Å². The van der Waals surface area contributed by atoms with E-state index >= 15 is 0 Å². The zero-order valence-corrected chi connectivity index (χ0v) is 21.0. The number of hydrogen-bond donors (Lipinski definition) is 3. The number of amides is 2. The topological polar surface area (TPSA) is 121 Å². The van der Waals surface area contributed by atoms with Crippen LogP contribution in [0.15, 0.2) is 30.3 Å². The summed E-state index contributed by atoms with van der Waals surface area (Å²) in [5.41, 5.74) is 2.59. The van der Waals surface area contributed by atoms with Crippen LogP contribution in [-0.4, -0.2) is 55.8 Å². The van der Waals surface area contributed by atoms with Crippen molar-refractivity contribution in [2.75, 3.05) is 27.2 Å². The van der Waals surface area contributed by atoms with Gasteiger partial charge in [-0.05, 0) is 48.2 Å². The van der Waals surface area contributed by atoms with Crippen LogP contribution >= 0.6 is 0 Å². The van der Waals surface area contributed by atoms with Gasteiger partial charge in [0.25, 0.3) is 5.91 Å². The largest absolute Gasteiger partial charge is 0.493 e. The molecular formula is C26H32N4O5. The summed E-state index contributed by atoms with van der Waals surface area (Å²) in [5.74, 6) is 0.550. The molecule has 0 radical (unpaired) electrons. The van der Waals surface area contributed by atoms with Gasteiger partial charge >= 0.3 is 6.09 Å². The van der Waals surface area contributed by atoms with Crippen molar-refractivity contribution in [1.82, 2.24) is 15.5 Å². The van der Waals surface area contributed by atoms with Crippen LogP contribution in [0.2, 0.25) is 0 Å². The number of ether oxygens (including phenoxy) is 2. The van der Waals surface area contributed by atoms with E-state index in [1.807, 2.05) is 27.7 Å². The average molecular weight is 481 g/mol. The number of carbonyl (C=O) groups is 3. The number of Topliss-reactive ketones (excluding diaryl/α,β-unsaturated/α-hetero) is 1. The molecular weight excluding hydrogens is 448 g/mol. The summed E-state index contributed by atoms with van der Waals surface area (Å²) < 4.78 is 11.0. The first-order valence-corrected chi connectivity index (χ1v) is 11.4. The minimum atomic E-state index is -0.583. The maximum Gasteiger partial charge on any atom is 0.412 e. The molecule has 1 heterocycles. The highest BCUT2D eigenvalue weighted by Crippen LogP contribution is 2.34. The lowest BCUT2D eigenvalue weighted by molar-refractivity contribution is 0.0953. The van der Waals surface area contributed by atoms with Crippen molar-refractivity contribution in [3.05, 3.63) is 58.1 Å². The van der Waals surface area contributed by atoms with Gasteiger partial charge in [0.15, 0.2) is 5.78 Å². The monoisotopic (exact) mass is 480 g/mol. The molecule has 1 aliphatic heterocycles. The van der Waals surface area contributed by atoms with Crippen LogP contribution in [0.1, 0.15) is 65.1 Å². The van der Waals surface area contributed by atoms with E-state index in [0.717, 1.165) is 11.1 Å². The summed E-state index contributed by atoms with van der Waals surface area (Å²) in [7, 11) is 3.02. The van der Waals surface area contributed by atoms with Crippen molar-refractivity contribution in [3.63, 3.8) is 0 Å². The van der Waals surface area contributed by atoms with E-state index in [2.05, 4.69) is 10.6 Å². The normalized spacial score (nSPS) is 12.7. The Bertz CT molecular complexity index is 1180. The van der Waals surface area contributed by atoms with E-state index in [1.165, 1.54) is 7.05 Å². The maximum atomic E-state index is 13.2. The first-order chi connectivity index (χ1) is 16.5. The fourth-order valence-electron chi connectivity index (χ4n) is 3.94. The third kappa shape index (κ3) is 5.45. The zero-order valence-electron chi connectivity index (χ0n) is 21.0. The smallest absolute Gasteiger partial charge is 0.412 e. The Labute approximate surface area is 205 Å². The quantitative estimate of drug-likeness (QED) is 0.522. The van der Waals surface area contributed by atoms with E-state index in [9.17, 15) is 14.4 Å². The van der Waals surface area contributed by atoms with Gasteiger partial charge in [-0.2, -0.15) is 0 Å². The first-order valence-electron chi connectivity index (χ1n) is 11.4. The third-order valence-electron chi connectivity index (χ3n) is 5.76. The fraction of sp³-hybridized carbons (Fsp3) is 0.385. The van der Waals surface area contributed by atoms with Crippen LogP contribution in [0.4, 0.5) is 4.79 Å². The van der Waals surface area contributed by atoms with Gasteiger partial charge in [-0.15, -0.1) is 0 Å². The van der Waals surface area contributed by atoms with Gasteiger partial charge in [-0.25, -0.2) is 4.79 Å². The first kappa shape index (κ1) is 25.7. The molecule has 0 aliphatic carbocycles. The molecule has 0 bridgehead atoms. The summed E-state index contributed by atoms with van der Waals surface area (Å²) in [5, 5.41) is 13.6. The van der Waals surface area contributed by atoms with Gasteiger partial charge in [0.05, 0.1) is 18.7 Å². The molecule has 0 fully saturated rings. The number of amidine groups is 1. The molecule has 3 rings (SSSR count). The molecule has 9 nitrogen and oxygen atoms in total. The number of fused-ring (bicyclic) bond motifs is 1. The Balaban J connectivity index is 1.86. The number of benzene rings is 2. The summed E-state index contributed by atoms with van der Waals surface area (Å²) in [6, 6.07) is 8.40. The minimum Gasteiger partial charge on any atom is -0.493 e. The second-order valence-corrected chi connectivity index (χ2v) is 9.25. The van der Waals surface area contributed by atoms with Gasteiger partial charge in [0, 0.05) is 37.3 Å². The van der Waals surface area contributed by atoms with Crippen molar-refractivity contribution in [2.45, 2.75) is 39.7 Å². The number of nitrogens with zero attached hydrogens (tertiary/aromatic N) is 1. The third-order valence-corrected chi connectivity index (χ3v) is 5.76. The lowest BCUT2D eigenvalue weighted by atomic mass is 9.85. The van der Waals surface area contributed by atoms with E-state index < -0.39 is 6.09 Å². The second-order valence-electron chi connectivity index (χ2n) is 9.25. The molecule has 2 amide bonds. The van der Waals surface area contributed by atoms with Gasteiger partial charge in [-0.1, -0.05) is 20.8 Å². The lowest BCUT2D eigenvalue weighted by Crippen LogP contribution is -2.30. The highest BCUT2D eigenvalue weighted by molar-refractivity contribution is 6.07. The van der Waals surface area contributed by atoms with E-state index in [4.69, 9.17) is 14.9 Å². The van der Waals surface area contributed by atoms with Crippen LogP contribution in [0.25, 0.3) is 0 Å². The molecule has 1 aliphatic rings. The summed E-state index contributed by atoms with van der Waals surface area (Å²) in [6.45, 7) is 8.51. The van der Waals surface area contributed by atoms with Crippen LogP contribution in [0, 0.1) is 5.41 Å². The molecule has 9 heteroatoms. The minimum absolute atomic E-state index is 0.00791. The summed E-state index contributed by atoms with van der Waals surface area (Å²) >= 11 is 0. The number of carbonyl (C=O) groups excluding carboxylic acids is 3. The highest BCUT2D eigenvalue weighted by Gasteiger charge is 2.30. The molecule has 0 unspecified atom stereocenters. The Morgan fingerprint density at radius 1 is 1.06 bits per heavy atom.